The van der Waals surface area contributed by atoms with Gasteiger partial charge in [-0.1, -0.05) is 32.0 Å². The van der Waals surface area contributed by atoms with Gasteiger partial charge in [0.2, 0.25) is 0 Å². The van der Waals surface area contributed by atoms with Crippen LogP contribution in [0.5, 0.6) is 5.75 Å². The minimum absolute atomic E-state index is 0.00168. The lowest BCUT2D eigenvalue weighted by molar-refractivity contribution is -0.139. The average Bonchev–Trinajstić information content (AvgIpc) is 2.81. The molecule has 0 aliphatic heterocycles. The van der Waals surface area contributed by atoms with Crippen molar-refractivity contribution in [3.63, 3.8) is 0 Å². The number of phenols is 1. The van der Waals surface area contributed by atoms with Crippen molar-refractivity contribution < 1.29 is 31.4 Å². The van der Waals surface area contributed by atoms with E-state index in [2.05, 4.69) is 0 Å². The molecule has 1 N–H and O–H groups in total. The summed E-state index contributed by atoms with van der Waals surface area (Å²) in [5.74, 6) is -0.267. The Labute approximate surface area is 156 Å². The fraction of sp³-hybridized carbons (Fsp3) is 0.238. The monoisotopic (exact) mass is 396 g/mol. The van der Waals surface area contributed by atoms with Crippen molar-refractivity contribution in [2.75, 3.05) is 0 Å². The summed E-state index contributed by atoms with van der Waals surface area (Å²) in [4.78, 5) is 0. The maximum atomic E-state index is 13.6. The lowest BCUT2D eigenvalue weighted by atomic mass is 9.79. The largest absolute Gasteiger partial charge is 0.507 e. The maximum Gasteiger partial charge on any atom is 0.416 e. The quantitative estimate of drug-likeness (QED) is 0.410. The highest BCUT2D eigenvalue weighted by atomic mass is 19.4. The average molecular weight is 396 g/mol. The summed E-state index contributed by atoms with van der Waals surface area (Å²) in [5, 5.41) is 10.6. The van der Waals surface area contributed by atoms with Gasteiger partial charge in [-0.15, -0.1) is 0 Å². The lowest BCUT2D eigenvalue weighted by Gasteiger charge is -2.25. The number of rotatable bonds is 0. The van der Waals surface area contributed by atoms with Crippen molar-refractivity contribution >= 4 is 10.8 Å². The van der Waals surface area contributed by atoms with Crippen molar-refractivity contribution in [2.24, 2.45) is 0 Å². The highest BCUT2D eigenvalue weighted by molar-refractivity contribution is 6.05. The fourth-order valence-corrected chi connectivity index (χ4v) is 4.17. The Morgan fingerprint density at radius 3 is 2.11 bits per heavy atom. The number of fused-ring (bicyclic) bond motifs is 5. The highest BCUT2D eigenvalue weighted by Crippen LogP contribution is 2.56. The smallest absolute Gasteiger partial charge is 0.416 e. The summed E-state index contributed by atoms with van der Waals surface area (Å²) in [6, 6.07) is 7.93. The molecule has 1 aliphatic rings. The number of hydrogen-bond donors (Lipinski definition) is 1. The van der Waals surface area contributed by atoms with E-state index in [9.17, 15) is 31.4 Å². The van der Waals surface area contributed by atoms with E-state index in [1.54, 1.807) is 13.8 Å². The first-order chi connectivity index (χ1) is 12.8. The number of hydrogen-bond acceptors (Lipinski definition) is 1. The first kappa shape index (κ1) is 18.7. The van der Waals surface area contributed by atoms with Crippen molar-refractivity contribution in [1.29, 1.82) is 0 Å². The zero-order chi connectivity index (χ0) is 20.6. The third kappa shape index (κ3) is 2.48. The molecule has 0 saturated carbocycles. The molecule has 0 heterocycles. The van der Waals surface area contributed by atoms with Gasteiger partial charge in [0.05, 0.1) is 11.1 Å². The molecule has 1 nitrogen and oxygen atoms in total. The van der Waals surface area contributed by atoms with Crippen LogP contribution in [-0.2, 0) is 17.8 Å². The Kier molecular flexibility index (Phi) is 3.62. The second-order valence-electron chi connectivity index (χ2n) is 7.43. The molecule has 28 heavy (non-hydrogen) atoms. The van der Waals surface area contributed by atoms with Crippen LogP contribution in [0.15, 0.2) is 42.5 Å². The van der Waals surface area contributed by atoms with Crippen molar-refractivity contribution in [3.8, 4) is 16.9 Å². The number of aromatic hydroxyl groups is 1. The van der Waals surface area contributed by atoms with Crippen LogP contribution < -0.4 is 0 Å². The third-order valence-electron chi connectivity index (χ3n) is 5.38. The van der Waals surface area contributed by atoms with E-state index >= 15 is 0 Å². The second kappa shape index (κ2) is 5.43. The van der Waals surface area contributed by atoms with Crippen molar-refractivity contribution in [2.45, 2.75) is 31.6 Å². The molecule has 1 aliphatic carbocycles. The van der Waals surface area contributed by atoms with Crippen molar-refractivity contribution in [1.82, 2.24) is 0 Å². The summed E-state index contributed by atoms with van der Waals surface area (Å²) in [5.41, 5.74) is -2.00. The lowest BCUT2D eigenvalue weighted by Crippen LogP contribution is -2.21. The van der Waals surface area contributed by atoms with E-state index in [1.165, 1.54) is 18.2 Å². The molecule has 3 aromatic rings. The van der Waals surface area contributed by atoms with Crippen LogP contribution in [0.25, 0.3) is 21.9 Å². The number of alkyl halides is 6. The van der Waals surface area contributed by atoms with Crippen LogP contribution in [0.3, 0.4) is 0 Å². The van der Waals surface area contributed by atoms with Crippen LogP contribution >= 0.6 is 0 Å². The number of benzene rings is 3. The molecule has 0 unspecified atom stereocenters. The Bertz CT molecular complexity index is 1120. The molecular weight excluding hydrogens is 382 g/mol. The molecule has 0 bridgehead atoms. The van der Waals surface area contributed by atoms with Gasteiger partial charge >= 0.3 is 12.4 Å². The van der Waals surface area contributed by atoms with Gasteiger partial charge in [-0.2, -0.15) is 26.3 Å². The number of halogens is 6. The molecule has 7 heteroatoms. The molecule has 146 valence electrons. The van der Waals surface area contributed by atoms with E-state index in [4.69, 9.17) is 0 Å². The SMILES string of the molecule is CC1(C)c2cc(O)c3ccc(C(F)(F)F)cc3c2-c2cccc(C(F)(F)F)c21. The summed E-state index contributed by atoms with van der Waals surface area (Å²) < 4.78 is 80.6. The molecule has 4 rings (SSSR count). The molecule has 3 aromatic carbocycles. The summed E-state index contributed by atoms with van der Waals surface area (Å²) in [6.07, 6.45) is -9.23. The summed E-state index contributed by atoms with van der Waals surface area (Å²) in [7, 11) is 0. The van der Waals surface area contributed by atoms with Crippen LogP contribution in [-0.4, -0.2) is 5.11 Å². The van der Waals surface area contributed by atoms with Crippen LogP contribution in [0.2, 0.25) is 0 Å². The first-order valence-corrected chi connectivity index (χ1v) is 8.42. The first-order valence-electron chi connectivity index (χ1n) is 8.42. The topological polar surface area (TPSA) is 20.2 Å². The van der Waals surface area contributed by atoms with Crippen LogP contribution in [0.4, 0.5) is 26.3 Å². The highest BCUT2D eigenvalue weighted by Gasteiger charge is 2.45. The van der Waals surface area contributed by atoms with Gasteiger partial charge in [0.15, 0.2) is 0 Å². The van der Waals surface area contributed by atoms with Gasteiger partial charge in [0.1, 0.15) is 5.75 Å². The summed E-state index contributed by atoms with van der Waals surface area (Å²) >= 11 is 0. The molecular formula is C21H14F6O. The molecule has 0 spiro atoms. The van der Waals surface area contributed by atoms with E-state index < -0.39 is 28.9 Å². The van der Waals surface area contributed by atoms with Gasteiger partial charge in [-0.3, -0.25) is 0 Å². The molecule has 0 radical (unpaired) electrons. The Hall–Kier alpha value is -2.70. The predicted molar refractivity (Wildman–Crippen MR) is 93.2 cm³/mol. The minimum Gasteiger partial charge on any atom is -0.507 e. The Morgan fingerprint density at radius 1 is 0.821 bits per heavy atom. The second-order valence-corrected chi connectivity index (χ2v) is 7.43. The maximum absolute atomic E-state index is 13.6. The Morgan fingerprint density at radius 2 is 1.50 bits per heavy atom. The van der Waals surface area contributed by atoms with Crippen molar-refractivity contribution in [3.05, 3.63) is 64.7 Å². The normalized spacial score (nSPS) is 15.6. The fourth-order valence-electron chi connectivity index (χ4n) is 4.17. The number of phenolic OH excluding ortho intramolecular Hbond substituents is 1. The van der Waals surface area contributed by atoms with E-state index in [0.29, 0.717) is 11.1 Å². The molecule has 0 saturated heterocycles. The Balaban J connectivity index is 2.17. The van der Waals surface area contributed by atoms with Gasteiger partial charge in [-0.25, -0.2) is 0 Å². The van der Waals surface area contributed by atoms with Crippen LogP contribution in [0.1, 0.15) is 36.1 Å². The van der Waals surface area contributed by atoms with Gasteiger partial charge in [-0.05, 0) is 51.9 Å². The minimum atomic E-state index is -4.61. The zero-order valence-electron chi connectivity index (χ0n) is 14.8. The molecule has 0 atom stereocenters. The van der Waals surface area contributed by atoms with Crippen LogP contribution in [0, 0.1) is 0 Å². The zero-order valence-corrected chi connectivity index (χ0v) is 14.8. The third-order valence-corrected chi connectivity index (χ3v) is 5.38. The van der Waals surface area contributed by atoms with Gasteiger partial charge in [0.25, 0.3) is 0 Å². The molecule has 0 fully saturated rings. The van der Waals surface area contributed by atoms with Gasteiger partial charge in [0, 0.05) is 10.8 Å². The van der Waals surface area contributed by atoms with E-state index in [0.717, 1.165) is 24.3 Å². The predicted octanol–water partition coefficient (Wildman–Crippen LogP) is 6.89. The van der Waals surface area contributed by atoms with E-state index in [-0.39, 0.29) is 27.6 Å². The summed E-state index contributed by atoms with van der Waals surface area (Å²) in [6.45, 7) is 3.15. The van der Waals surface area contributed by atoms with Gasteiger partial charge < -0.3 is 5.11 Å². The molecule has 0 amide bonds. The van der Waals surface area contributed by atoms with E-state index in [1.807, 2.05) is 0 Å². The molecule has 0 aromatic heterocycles. The standard InChI is InChI=1S/C21H14F6O/c1-19(2)15-9-16(28)11-7-6-10(20(22,23)24)8-13(11)17(15)12-4-3-5-14(18(12)19)21(25,26)27/h3-9,28H,1-2H3.